The first-order chi connectivity index (χ1) is 9.78. The summed E-state index contributed by atoms with van der Waals surface area (Å²) in [6.45, 7) is 0. The van der Waals surface area contributed by atoms with Gasteiger partial charge in [-0.1, -0.05) is 36.4 Å². The molecule has 0 bridgehead atoms. The Morgan fingerprint density at radius 2 is 1.90 bits per heavy atom. The van der Waals surface area contributed by atoms with Gasteiger partial charge in [0.1, 0.15) is 5.75 Å². The van der Waals surface area contributed by atoms with Crippen LogP contribution < -0.4 is 10.1 Å². The molecule has 1 atom stereocenters. The van der Waals surface area contributed by atoms with Crippen LogP contribution in [-0.4, -0.2) is 13.0 Å². The molecule has 1 aliphatic heterocycles. The van der Waals surface area contributed by atoms with Gasteiger partial charge in [0.15, 0.2) is 0 Å². The van der Waals surface area contributed by atoms with E-state index in [9.17, 15) is 4.79 Å². The van der Waals surface area contributed by atoms with Crippen LogP contribution in [-0.2, 0) is 11.2 Å². The molecule has 0 fully saturated rings. The number of benzene rings is 2. The van der Waals surface area contributed by atoms with Crippen molar-refractivity contribution in [3.63, 3.8) is 0 Å². The molecule has 1 amide bonds. The Labute approximate surface area is 118 Å². The molecule has 0 saturated carbocycles. The summed E-state index contributed by atoms with van der Waals surface area (Å²) in [4.78, 5) is 11.8. The normalized spacial score (nSPS) is 17.2. The maximum atomic E-state index is 11.8. The number of nitrogens with one attached hydrogen (secondary N) is 1. The molecule has 1 aliphatic rings. The second kappa shape index (κ2) is 5.37. The van der Waals surface area contributed by atoms with Gasteiger partial charge in [-0.2, -0.15) is 0 Å². The molecule has 0 aromatic heterocycles. The molecule has 0 aliphatic carbocycles. The van der Waals surface area contributed by atoms with Crippen molar-refractivity contribution >= 4 is 11.6 Å². The minimum atomic E-state index is 0.0867. The quantitative estimate of drug-likeness (QED) is 0.926. The predicted molar refractivity (Wildman–Crippen MR) is 79.1 cm³/mol. The number of methoxy groups -OCH3 is 1. The van der Waals surface area contributed by atoms with E-state index in [1.807, 2.05) is 36.4 Å². The number of hydrogen-bond donors (Lipinski definition) is 1. The molecule has 3 rings (SSSR count). The smallest absolute Gasteiger partial charge is 0.225 e. The number of hydrogen-bond acceptors (Lipinski definition) is 2. The fourth-order valence-electron chi connectivity index (χ4n) is 2.82. The van der Waals surface area contributed by atoms with E-state index in [-0.39, 0.29) is 11.8 Å². The van der Waals surface area contributed by atoms with Gasteiger partial charge >= 0.3 is 0 Å². The number of rotatable bonds is 3. The largest absolute Gasteiger partial charge is 0.496 e. The number of amides is 1. The van der Waals surface area contributed by atoms with Gasteiger partial charge in [-0.3, -0.25) is 4.79 Å². The molecule has 102 valence electrons. The molecule has 1 unspecified atom stereocenters. The summed E-state index contributed by atoms with van der Waals surface area (Å²) in [7, 11) is 1.68. The molecule has 3 nitrogen and oxygen atoms in total. The van der Waals surface area contributed by atoms with Gasteiger partial charge in [0.05, 0.1) is 7.11 Å². The third-order valence-corrected chi connectivity index (χ3v) is 3.77. The third-order valence-electron chi connectivity index (χ3n) is 3.77. The number of carbonyl (C=O) groups excluding carboxylic acids is 1. The highest BCUT2D eigenvalue weighted by molar-refractivity contribution is 5.94. The average Bonchev–Trinajstić information content (AvgIpc) is 2.47. The first kappa shape index (κ1) is 12.7. The summed E-state index contributed by atoms with van der Waals surface area (Å²) in [6.07, 6.45) is 1.34. The van der Waals surface area contributed by atoms with Crippen LogP contribution >= 0.6 is 0 Å². The molecular weight excluding hydrogens is 250 g/mol. The molecule has 0 spiro atoms. The molecule has 2 aromatic carbocycles. The van der Waals surface area contributed by atoms with E-state index in [0.717, 1.165) is 23.4 Å². The van der Waals surface area contributed by atoms with Crippen molar-refractivity contribution in [1.29, 1.82) is 0 Å². The SMILES string of the molecule is COc1ccccc1CC1CC(=O)Nc2ccccc21. The zero-order valence-electron chi connectivity index (χ0n) is 11.4. The van der Waals surface area contributed by atoms with E-state index < -0.39 is 0 Å². The lowest BCUT2D eigenvalue weighted by Gasteiger charge is -2.26. The van der Waals surface area contributed by atoms with E-state index >= 15 is 0 Å². The van der Waals surface area contributed by atoms with E-state index in [1.165, 1.54) is 5.56 Å². The lowest BCUT2D eigenvalue weighted by Crippen LogP contribution is -2.24. The van der Waals surface area contributed by atoms with Crippen molar-refractivity contribution in [3.8, 4) is 5.75 Å². The number of ether oxygens (including phenoxy) is 1. The number of carbonyl (C=O) groups is 1. The Kier molecular flexibility index (Phi) is 3.42. The summed E-state index contributed by atoms with van der Waals surface area (Å²) in [5.74, 6) is 1.18. The van der Waals surface area contributed by atoms with E-state index in [0.29, 0.717) is 6.42 Å². The van der Waals surface area contributed by atoms with Crippen LogP contribution in [0.15, 0.2) is 48.5 Å². The molecule has 2 aromatic rings. The highest BCUT2D eigenvalue weighted by Crippen LogP contribution is 2.35. The third kappa shape index (κ3) is 2.39. The fourth-order valence-corrected chi connectivity index (χ4v) is 2.82. The van der Waals surface area contributed by atoms with E-state index in [4.69, 9.17) is 4.74 Å². The van der Waals surface area contributed by atoms with Crippen molar-refractivity contribution in [2.45, 2.75) is 18.8 Å². The average molecular weight is 267 g/mol. The van der Waals surface area contributed by atoms with Gasteiger partial charge < -0.3 is 10.1 Å². The number of fused-ring (bicyclic) bond motifs is 1. The Morgan fingerprint density at radius 1 is 1.15 bits per heavy atom. The van der Waals surface area contributed by atoms with Crippen molar-refractivity contribution in [3.05, 3.63) is 59.7 Å². The van der Waals surface area contributed by atoms with Crippen LogP contribution in [0.4, 0.5) is 5.69 Å². The highest BCUT2D eigenvalue weighted by Gasteiger charge is 2.25. The number of anilines is 1. The standard InChI is InChI=1S/C17H17NO2/c1-20-16-9-5-2-6-12(16)10-13-11-17(19)18-15-8-4-3-7-14(13)15/h2-9,13H,10-11H2,1H3,(H,18,19). The van der Waals surface area contributed by atoms with Crippen LogP contribution in [0.1, 0.15) is 23.5 Å². The van der Waals surface area contributed by atoms with Crippen LogP contribution in [0.5, 0.6) is 5.75 Å². The highest BCUT2D eigenvalue weighted by atomic mass is 16.5. The van der Waals surface area contributed by atoms with Gasteiger partial charge in [0, 0.05) is 12.1 Å². The number of para-hydroxylation sites is 2. The minimum absolute atomic E-state index is 0.0867. The summed E-state index contributed by atoms with van der Waals surface area (Å²) in [5, 5.41) is 2.93. The van der Waals surface area contributed by atoms with Gasteiger partial charge in [-0.05, 0) is 35.6 Å². The molecule has 1 N–H and O–H groups in total. The summed E-state index contributed by atoms with van der Waals surface area (Å²) < 4.78 is 5.40. The Balaban J connectivity index is 1.93. The van der Waals surface area contributed by atoms with Gasteiger partial charge in [-0.15, -0.1) is 0 Å². The second-order valence-corrected chi connectivity index (χ2v) is 5.05. The molecule has 3 heteroatoms. The summed E-state index contributed by atoms with van der Waals surface area (Å²) in [6, 6.07) is 16.0. The Morgan fingerprint density at radius 3 is 2.75 bits per heavy atom. The minimum Gasteiger partial charge on any atom is -0.496 e. The maximum Gasteiger partial charge on any atom is 0.225 e. The first-order valence-corrected chi connectivity index (χ1v) is 6.78. The lowest BCUT2D eigenvalue weighted by molar-refractivity contribution is -0.116. The zero-order valence-corrected chi connectivity index (χ0v) is 11.4. The predicted octanol–water partition coefficient (Wildman–Crippen LogP) is 3.36. The summed E-state index contributed by atoms with van der Waals surface area (Å²) in [5.41, 5.74) is 3.28. The van der Waals surface area contributed by atoms with Crippen molar-refractivity contribution in [2.24, 2.45) is 0 Å². The van der Waals surface area contributed by atoms with Crippen LogP contribution in [0, 0.1) is 0 Å². The molecule has 0 radical (unpaired) electrons. The van der Waals surface area contributed by atoms with Crippen LogP contribution in [0.25, 0.3) is 0 Å². The zero-order chi connectivity index (χ0) is 13.9. The molecular formula is C17H17NO2. The van der Waals surface area contributed by atoms with E-state index in [2.05, 4.69) is 17.4 Å². The van der Waals surface area contributed by atoms with Crippen molar-refractivity contribution < 1.29 is 9.53 Å². The van der Waals surface area contributed by atoms with Gasteiger partial charge in [0.25, 0.3) is 0 Å². The van der Waals surface area contributed by atoms with Gasteiger partial charge in [-0.25, -0.2) is 0 Å². The fraction of sp³-hybridized carbons (Fsp3) is 0.235. The molecule has 0 saturated heterocycles. The Hall–Kier alpha value is -2.29. The first-order valence-electron chi connectivity index (χ1n) is 6.78. The van der Waals surface area contributed by atoms with E-state index in [1.54, 1.807) is 7.11 Å². The second-order valence-electron chi connectivity index (χ2n) is 5.05. The van der Waals surface area contributed by atoms with Crippen molar-refractivity contribution in [2.75, 3.05) is 12.4 Å². The maximum absolute atomic E-state index is 11.8. The topological polar surface area (TPSA) is 38.3 Å². The van der Waals surface area contributed by atoms with Crippen LogP contribution in [0.3, 0.4) is 0 Å². The van der Waals surface area contributed by atoms with Crippen LogP contribution in [0.2, 0.25) is 0 Å². The lowest BCUT2D eigenvalue weighted by atomic mass is 9.85. The molecule has 20 heavy (non-hydrogen) atoms. The van der Waals surface area contributed by atoms with Gasteiger partial charge in [0.2, 0.25) is 5.91 Å². The monoisotopic (exact) mass is 267 g/mol. The molecule has 1 heterocycles. The van der Waals surface area contributed by atoms with Crippen molar-refractivity contribution in [1.82, 2.24) is 0 Å². The Bertz CT molecular complexity index is 636. The summed E-state index contributed by atoms with van der Waals surface area (Å²) >= 11 is 0.